The molecule has 1 aliphatic rings. The Kier molecular flexibility index (Phi) is 4.16. The summed E-state index contributed by atoms with van der Waals surface area (Å²) >= 11 is -0.0533. The molecule has 0 saturated heterocycles. The molecular formula is C9H13F3S. The van der Waals surface area contributed by atoms with Gasteiger partial charge in [-0.2, -0.15) is 13.2 Å². The topological polar surface area (TPSA) is 0 Å². The van der Waals surface area contributed by atoms with Crippen molar-refractivity contribution in [2.75, 3.05) is 0 Å². The Hall–Kier alpha value is -0.120. The Bertz CT molecular complexity index is 168. The van der Waals surface area contributed by atoms with Crippen LogP contribution in [-0.2, 0) is 0 Å². The third-order valence-electron chi connectivity index (χ3n) is 2.20. The van der Waals surface area contributed by atoms with E-state index in [9.17, 15) is 13.2 Å². The van der Waals surface area contributed by atoms with Crippen LogP contribution in [0, 0.1) is 5.92 Å². The minimum absolute atomic E-state index is 0.0533. The van der Waals surface area contributed by atoms with Crippen molar-refractivity contribution in [1.82, 2.24) is 0 Å². The van der Waals surface area contributed by atoms with Crippen LogP contribution in [0.25, 0.3) is 0 Å². The molecule has 0 aliphatic heterocycles. The molecule has 0 unspecified atom stereocenters. The van der Waals surface area contributed by atoms with Crippen molar-refractivity contribution in [3.05, 3.63) is 11.5 Å². The normalized spacial score (nSPS) is 21.2. The Morgan fingerprint density at radius 2 is 1.69 bits per heavy atom. The van der Waals surface area contributed by atoms with Crippen LogP contribution in [-0.4, -0.2) is 5.51 Å². The molecule has 1 aliphatic carbocycles. The van der Waals surface area contributed by atoms with Crippen LogP contribution in [0.15, 0.2) is 11.5 Å². The summed E-state index contributed by atoms with van der Waals surface area (Å²) in [7, 11) is 0. The van der Waals surface area contributed by atoms with Gasteiger partial charge < -0.3 is 0 Å². The summed E-state index contributed by atoms with van der Waals surface area (Å²) in [5.74, 6) is 0.378. The number of hydrogen-bond acceptors (Lipinski definition) is 1. The molecule has 0 aromatic heterocycles. The predicted octanol–water partition coefficient (Wildman–Crippen LogP) is 4.33. The third-order valence-corrected chi connectivity index (χ3v) is 2.76. The molecule has 1 fully saturated rings. The van der Waals surface area contributed by atoms with Crippen molar-refractivity contribution in [3.63, 3.8) is 0 Å². The van der Waals surface area contributed by atoms with Crippen molar-refractivity contribution < 1.29 is 13.2 Å². The Morgan fingerprint density at radius 1 is 1.08 bits per heavy atom. The Morgan fingerprint density at radius 3 is 2.23 bits per heavy atom. The molecule has 0 spiro atoms. The average molecular weight is 210 g/mol. The van der Waals surface area contributed by atoms with Crippen molar-refractivity contribution in [2.45, 2.75) is 37.6 Å². The summed E-state index contributed by atoms with van der Waals surface area (Å²) in [4.78, 5) is 0. The zero-order chi connectivity index (χ0) is 9.73. The third kappa shape index (κ3) is 5.24. The van der Waals surface area contributed by atoms with Gasteiger partial charge in [-0.05, 0) is 35.9 Å². The molecule has 0 bridgehead atoms. The highest BCUT2D eigenvalue weighted by Crippen LogP contribution is 2.32. The zero-order valence-electron chi connectivity index (χ0n) is 7.31. The Balaban J connectivity index is 2.22. The van der Waals surface area contributed by atoms with Gasteiger partial charge in [-0.25, -0.2) is 0 Å². The van der Waals surface area contributed by atoms with E-state index in [2.05, 4.69) is 0 Å². The first-order valence-electron chi connectivity index (χ1n) is 4.49. The largest absolute Gasteiger partial charge is 0.445 e. The van der Waals surface area contributed by atoms with Crippen LogP contribution < -0.4 is 0 Å². The number of rotatable bonds is 2. The number of alkyl halides is 3. The van der Waals surface area contributed by atoms with E-state index in [1.54, 1.807) is 6.08 Å². The quantitative estimate of drug-likeness (QED) is 0.653. The van der Waals surface area contributed by atoms with Crippen molar-refractivity contribution in [1.29, 1.82) is 0 Å². The first kappa shape index (κ1) is 11.0. The molecule has 0 heterocycles. The van der Waals surface area contributed by atoms with Crippen molar-refractivity contribution in [2.24, 2.45) is 5.92 Å². The molecule has 0 nitrogen and oxygen atoms in total. The molecular weight excluding hydrogens is 197 g/mol. The van der Waals surface area contributed by atoms with E-state index in [1.807, 2.05) is 0 Å². The van der Waals surface area contributed by atoms with E-state index in [-0.39, 0.29) is 11.8 Å². The van der Waals surface area contributed by atoms with E-state index in [4.69, 9.17) is 0 Å². The molecule has 76 valence electrons. The zero-order valence-corrected chi connectivity index (χ0v) is 8.13. The molecule has 1 rings (SSSR count). The van der Waals surface area contributed by atoms with Crippen LogP contribution in [0.4, 0.5) is 13.2 Å². The fourth-order valence-electron chi connectivity index (χ4n) is 1.55. The highest BCUT2D eigenvalue weighted by molar-refractivity contribution is 8.02. The first-order chi connectivity index (χ1) is 6.08. The second kappa shape index (κ2) is 4.94. The molecule has 4 heteroatoms. The van der Waals surface area contributed by atoms with Crippen LogP contribution in [0.5, 0.6) is 0 Å². The standard InChI is InChI=1S/C9H13F3S/c10-9(11,12)13-7-6-8-4-2-1-3-5-8/h6-8H,1-5H2/b7-6+. The monoisotopic (exact) mass is 210 g/mol. The summed E-state index contributed by atoms with van der Waals surface area (Å²) in [6, 6.07) is 0. The minimum atomic E-state index is -4.12. The van der Waals surface area contributed by atoms with Crippen molar-refractivity contribution in [3.8, 4) is 0 Å². The van der Waals surface area contributed by atoms with Gasteiger partial charge >= 0.3 is 5.51 Å². The lowest BCUT2D eigenvalue weighted by atomic mass is 9.90. The van der Waals surface area contributed by atoms with E-state index >= 15 is 0 Å². The minimum Gasteiger partial charge on any atom is -0.160 e. The van der Waals surface area contributed by atoms with Gasteiger partial charge in [0.05, 0.1) is 0 Å². The Labute approximate surface area is 80.6 Å². The second-order valence-corrected chi connectivity index (χ2v) is 4.26. The van der Waals surface area contributed by atoms with E-state index < -0.39 is 5.51 Å². The molecule has 0 radical (unpaired) electrons. The molecule has 1 saturated carbocycles. The SMILES string of the molecule is FC(F)(F)S/C=C/C1CCCCC1. The summed E-state index contributed by atoms with van der Waals surface area (Å²) in [5, 5.41) is 1.19. The molecule has 13 heavy (non-hydrogen) atoms. The molecule has 0 amide bonds. The van der Waals surface area contributed by atoms with Gasteiger partial charge in [0.1, 0.15) is 0 Å². The van der Waals surface area contributed by atoms with Crippen LogP contribution in [0.3, 0.4) is 0 Å². The predicted molar refractivity (Wildman–Crippen MR) is 49.4 cm³/mol. The molecule has 0 N–H and O–H groups in total. The lowest BCUT2D eigenvalue weighted by Gasteiger charge is -2.17. The number of hydrogen-bond donors (Lipinski definition) is 0. The van der Waals surface area contributed by atoms with E-state index in [0.29, 0.717) is 5.92 Å². The maximum absolute atomic E-state index is 11.7. The fourth-order valence-corrected chi connectivity index (χ4v) is 2.01. The highest BCUT2D eigenvalue weighted by atomic mass is 32.2. The lowest BCUT2D eigenvalue weighted by Crippen LogP contribution is -2.03. The van der Waals surface area contributed by atoms with Crippen LogP contribution in [0.2, 0.25) is 0 Å². The van der Waals surface area contributed by atoms with Crippen LogP contribution >= 0.6 is 11.8 Å². The maximum atomic E-state index is 11.7. The van der Waals surface area contributed by atoms with Gasteiger partial charge in [0.25, 0.3) is 0 Å². The summed E-state index contributed by atoms with van der Waals surface area (Å²) in [5.41, 5.74) is -4.12. The highest BCUT2D eigenvalue weighted by Gasteiger charge is 2.26. The van der Waals surface area contributed by atoms with Gasteiger partial charge in [-0.1, -0.05) is 25.3 Å². The summed E-state index contributed by atoms with van der Waals surface area (Å²) in [6.45, 7) is 0. The smallest absolute Gasteiger partial charge is 0.160 e. The number of thioether (sulfide) groups is 1. The van der Waals surface area contributed by atoms with Crippen molar-refractivity contribution >= 4 is 11.8 Å². The van der Waals surface area contributed by atoms with E-state index in [1.165, 1.54) is 11.8 Å². The molecule has 0 aromatic carbocycles. The maximum Gasteiger partial charge on any atom is 0.445 e. The average Bonchev–Trinajstić information content (AvgIpc) is 2.04. The van der Waals surface area contributed by atoms with E-state index in [0.717, 1.165) is 25.7 Å². The number of halogens is 3. The fraction of sp³-hybridized carbons (Fsp3) is 0.778. The van der Waals surface area contributed by atoms with Gasteiger partial charge in [0.2, 0.25) is 0 Å². The van der Waals surface area contributed by atoms with Crippen LogP contribution in [0.1, 0.15) is 32.1 Å². The second-order valence-electron chi connectivity index (χ2n) is 3.29. The van der Waals surface area contributed by atoms with Gasteiger partial charge in [0, 0.05) is 0 Å². The first-order valence-corrected chi connectivity index (χ1v) is 5.37. The van der Waals surface area contributed by atoms with Gasteiger partial charge in [0.15, 0.2) is 0 Å². The summed E-state index contributed by atoms with van der Waals surface area (Å²) in [6.07, 6.45) is 7.36. The van der Waals surface area contributed by atoms with Gasteiger partial charge in [-0.3, -0.25) is 0 Å². The molecule has 0 aromatic rings. The van der Waals surface area contributed by atoms with Gasteiger partial charge in [-0.15, -0.1) is 0 Å². The lowest BCUT2D eigenvalue weighted by molar-refractivity contribution is -0.0320. The molecule has 0 atom stereocenters. The number of allylic oxidation sites excluding steroid dienone is 1. The summed E-state index contributed by atoms with van der Waals surface area (Å²) < 4.78 is 35.2.